The maximum absolute atomic E-state index is 2.43. The molecule has 1 heteroatoms. The number of hydrogen-bond acceptors (Lipinski definition) is 1. The van der Waals surface area contributed by atoms with E-state index in [4.69, 9.17) is 0 Å². The van der Waals surface area contributed by atoms with Crippen molar-refractivity contribution in [2.75, 3.05) is 11.4 Å². The molecule has 0 bridgehead atoms. The minimum Gasteiger partial charge on any atom is -0.369 e. The molecule has 0 saturated heterocycles. The van der Waals surface area contributed by atoms with Crippen molar-refractivity contribution in [2.24, 2.45) is 5.92 Å². The third-order valence-corrected chi connectivity index (χ3v) is 2.85. The molecular formula is C15H25N. The maximum atomic E-state index is 2.43. The molecule has 0 fully saturated rings. The second kappa shape index (κ2) is 5.93. The van der Waals surface area contributed by atoms with E-state index in [1.54, 1.807) is 0 Å². The van der Waals surface area contributed by atoms with E-state index < -0.39 is 0 Å². The Balaban J connectivity index is 2.88. The van der Waals surface area contributed by atoms with Gasteiger partial charge in [0.25, 0.3) is 0 Å². The highest BCUT2D eigenvalue weighted by molar-refractivity contribution is 5.49. The van der Waals surface area contributed by atoms with Gasteiger partial charge in [0.2, 0.25) is 0 Å². The van der Waals surface area contributed by atoms with Crippen molar-refractivity contribution < 1.29 is 0 Å². The molecular weight excluding hydrogens is 194 g/mol. The van der Waals surface area contributed by atoms with Gasteiger partial charge in [-0.1, -0.05) is 26.0 Å². The fraction of sp³-hybridized carbons (Fsp3) is 0.600. The molecule has 1 aromatic rings. The summed E-state index contributed by atoms with van der Waals surface area (Å²) in [6, 6.07) is 9.53. The number of nitrogens with zero attached hydrogens (tertiary/aromatic N) is 1. The summed E-state index contributed by atoms with van der Waals surface area (Å²) in [5.74, 6) is 0.726. The van der Waals surface area contributed by atoms with Crippen molar-refractivity contribution in [1.29, 1.82) is 0 Å². The minimum absolute atomic E-state index is 0.569. The van der Waals surface area contributed by atoms with Crippen molar-refractivity contribution in [3.63, 3.8) is 0 Å². The summed E-state index contributed by atoms with van der Waals surface area (Å²) in [7, 11) is 0. The highest BCUT2D eigenvalue weighted by atomic mass is 15.1. The first kappa shape index (κ1) is 13.1. The fourth-order valence-electron chi connectivity index (χ4n) is 2.18. The molecule has 0 atom stereocenters. The Morgan fingerprint density at radius 3 is 2.31 bits per heavy atom. The number of benzene rings is 1. The molecule has 1 nitrogen and oxygen atoms in total. The molecule has 1 rings (SSSR count). The Kier molecular flexibility index (Phi) is 4.85. The Bertz CT molecular complexity index is 315. The Hall–Kier alpha value is -0.980. The van der Waals surface area contributed by atoms with Gasteiger partial charge in [-0.05, 0) is 50.8 Å². The van der Waals surface area contributed by atoms with E-state index >= 15 is 0 Å². The topological polar surface area (TPSA) is 3.24 Å². The smallest absolute Gasteiger partial charge is 0.0371 e. The normalized spacial score (nSPS) is 11.2. The second-order valence-corrected chi connectivity index (χ2v) is 5.15. The summed E-state index contributed by atoms with van der Waals surface area (Å²) in [5, 5.41) is 0. The minimum atomic E-state index is 0.569. The standard InChI is InChI=1S/C15H25N/c1-6-16(13(4)5)15-9-7-8-14(11-15)10-12(2)3/h7-9,11-13H,6,10H2,1-5H3. The van der Waals surface area contributed by atoms with Gasteiger partial charge in [-0.2, -0.15) is 0 Å². The van der Waals surface area contributed by atoms with Crippen molar-refractivity contribution in [3.8, 4) is 0 Å². The highest BCUT2D eigenvalue weighted by Crippen LogP contribution is 2.20. The van der Waals surface area contributed by atoms with Gasteiger partial charge in [-0.3, -0.25) is 0 Å². The molecule has 1 aromatic carbocycles. The van der Waals surface area contributed by atoms with Crippen LogP contribution in [0, 0.1) is 5.92 Å². The Labute approximate surface area is 100 Å². The lowest BCUT2D eigenvalue weighted by Gasteiger charge is -2.28. The Morgan fingerprint density at radius 2 is 1.81 bits per heavy atom. The van der Waals surface area contributed by atoms with Crippen LogP contribution in [0.1, 0.15) is 40.2 Å². The van der Waals surface area contributed by atoms with Gasteiger partial charge in [0, 0.05) is 18.3 Å². The average molecular weight is 219 g/mol. The van der Waals surface area contributed by atoms with Crippen LogP contribution in [-0.4, -0.2) is 12.6 Å². The van der Waals surface area contributed by atoms with Crippen LogP contribution in [-0.2, 0) is 6.42 Å². The SMILES string of the molecule is CCN(c1cccc(CC(C)C)c1)C(C)C. The summed E-state index contributed by atoms with van der Waals surface area (Å²) < 4.78 is 0. The molecule has 0 heterocycles. The predicted molar refractivity (Wildman–Crippen MR) is 73.1 cm³/mol. The lowest BCUT2D eigenvalue weighted by Crippen LogP contribution is -2.30. The molecule has 0 N–H and O–H groups in total. The number of anilines is 1. The van der Waals surface area contributed by atoms with Gasteiger partial charge in [-0.15, -0.1) is 0 Å². The average Bonchev–Trinajstić information content (AvgIpc) is 2.17. The van der Waals surface area contributed by atoms with Crippen molar-refractivity contribution in [2.45, 2.75) is 47.1 Å². The third-order valence-electron chi connectivity index (χ3n) is 2.85. The molecule has 0 aliphatic heterocycles. The molecule has 0 radical (unpaired) electrons. The van der Waals surface area contributed by atoms with E-state index in [9.17, 15) is 0 Å². The lowest BCUT2D eigenvalue weighted by molar-refractivity contribution is 0.646. The molecule has 0 amide bonds. The first-order chi connectivity index (χ1) is 7.54. The number of rotatable bonds is 5. The van der Waals surface area contributed by atoms with E-state index in [0.29, 0.717) is 6.04 Å². The van der Waals surface area contributed by atoms with Gasteiger partial charge in [0.05, 0.1) is 0 Å². The van der Waals surface area contributed by atoms with Crippen molar-refractivity contribution in [1.82, 2.24) is 0 Å². The number of hydrogen-bond donors (Lipinski definition) is 0. The van der Waals surface area contributed by atoms with Gasteiger partial charge in [-0.25, -0.2) is 0 Å². The largest absolute Gasteiger partial charge is 0.369 e. The van der Waals surface area contributed by atoms with Crippen LogP contribution < -0.4 is 4.90 Å². The van der Waals surface area contributed by atoms with E-state index in [2.05, 4.69) is 63.8 Å². The summed E-state index contributed by atoms with van der Waals surface area (Å²) in [6.07, 6.45) is 1.17. The molecule has 0 aliphatic carbocycles. The lowest BCUT2D eigenvalue weighted by atomic mass is 10.0. The molecule has 0 spiro atoms. The second-order valence-electron chi connectivity index (χ2n) is 5.15. The molecule has 90 valence electrons. The highest BCUT2D eigenvalue weighted by Gasteiger charge is 2.08. The van der Waals surface area contributed by atoms with Crippen LogP contribution >= 0.6 is 0 Å². The van der Waals surface area contributed by atoms with E-state index in [-0.39, 0.29) is 0 Å². The summed E-state index contributed by atoms with van der Waals surface area (Å²) in [6.45, 7) is 12.3. The zero-order chi connectivity index (χ0) is 12.1. The fourth-order valence-corrected chi connectivity index (χ4v) is 2.18. The van der Waals surface area contributed by atoms with Crippen LogP contribution in [0.4, 0.5) is 5.69 Å². The molecule has 0 unspecified atom stereocenters. The van der Waals surface area contributed by atoms with Gasteiger partial charge < -0.3 is 4.90 Å². The predicted octanol–water partition coefficient (Wildman–Crippen LogP) is 4.12. The zero-order valence-electron chi connectivity index (χ0n) is 11.3. The summed E-state index contributed by atoms with van der Waals surface area (Å²) in [4.78, 5) is 2.43. The van der Waals surface area contributed by atoms with Crippen LogP contribution in [0.5, 0.6) is 0 Å². The summed E-state index contributed by atoms with van der Waals surface area (Å²) >= 11 is 0. The maximum Gasteiger partial charge on any atom is 0.0371 e. The van der Waals surface area contributed by atoms with Gasteiger partial charge in [0.15, 0.2) is 0 Å². The molecule has 0 saturated carbocycles. The van der Waals surface area contributed by atoms with Gasteiger partial charge >= 0.3 is 0 Å². The summed E-state index contributed by atoms with van der Waals surface area (Å²) in [5.41, 5.74) is 2.81. The Morgan fingerprint density at radius 1 is 1.12 bits per heavy atom. The van der Waals surface area contributed by atoms with Crippen molar-refractivity contribution >= 4 is 5.69 Å². The molecule has 16 heavy (non-hydrogen) atoms. The first-order valence-corrected chi connectivity index (χ1v) is 6.40. The molecule has 0 aromatic heterocycles. The quantitative estimate of drug-likeness (QED) is 0.720. The van der Waals surface area contributed by atoms with Gasteiger partial charge in [0.1, 0.15) is 0 Å². The van der Waals surface area contributed by atoms with E-state index in [0.717, 1.165) is 12.5 Å². The van der Waals surface area contributed by atoms with Crippen LogP contribution in [0.25, 0.3) is 0 Å². The van der Waals surface area contributed by atoms with E-state index in [1.165, 1.54) is 17.7 Å². The zero-order valence-corrected chi connectivity index (χ0v) is 11.3. The monoisotopic (exact) mass is 219 g/mol. The third kappa shape index (κ3) is 3.55. The van der Waals surface area contributed by atoms with Crippen LogP contribution in [0.15, 0.2) is 24.3 Å². The molecule has 0 aliphatic rings. The van der Waals surface area contributed by atoms with Crippen molar-refractivity contribution in [3.05, 3.63) is 29.8 Å². The van der Waals surface area contributed by atoms with Crippen LogP contribution in [0.2, 0.25) is 0 Å². The van der Waals surface area contributed by atoms with E-state index in [1.807, 2.05) is 0 Å². The van der Waals surface area contributed by atoms with Crippen LogP contribution in [0.3, 0.4) is 0 Å². The first-order valence-electron chi connectivity index (χ1n) is 6.40.